The van der Waals surface area contributed by atoms with Crippen LogP contribution in [0.15, 0.2) is 43.8 Å². The molecule has 0 radical (unpaired) electrons. The Hall–Kier alpha value is -2.36. The fourth-order valence-electron chi connectivity index (χ4n) is 2.85. The third-order valence-electron chi connectivity index (χ3n) is 3.78. The van der Waals surface area contributed by atoms with Gasteiger partial charge in [0, 0.05) is 37.7 Å². The molecule has 0 bridgehead atoms. The van der Waals surface area contributed by atoms with Crippen LogP contribution in [0, 0.1) is 0 Å². The quantitative estimate of drug-likeness (QED) is 0.875. The average Bonchev–Trinajstić information content (AvgIpc) is 2.88. The molecule has 0 spiro atoms. The molecule has 0 aliphatic carbocycles. The highest BCUT2D eigenvalue weighted by atomic mass is 15.3. The first kappa shape index (κ1) is 18.7. The van der Waals surface area contributed by atoms with Crippen LogP contribution < -0.4 is 20.9 Å². The summed E-state index contributed by atoms with van der Waals surface area (Å²) in [4.78, 5) is 4.55. The molecule has 0 saturated carbocycles. The molecule has 126 valence electrons. The maximum absolute atomic E-state index is 4.61. The van der Waals surface area contributed by atoms with Crippen LogP contribution in [0.1, 0.15) is 25.0 Å². The van der Waals surface area contributed by atoms with Crippen LogP contribution in [0.3, 0.4) is 0 Å². The van der Waals surface area contributed by atoms with Crippen molar-refractivity contribution < 1.29 is 0 Å². The van der Waals surface area contributed by atoms with Gasteiger partial charge in [-0.25, -0.2) is 0 Å². The third kappa shape index (κ3) is 4.55. The topological polar surface area (TPSA) is 44.5 Å². The van der Waals surface area contributed by atoms with Gasteiger partial charge in [-0.1, -0.05) is 25.8 Å². The summed E-state index contributed by atoms with van der Waals surface area (Å²) in [5.41, 5.74) is 10.8. The van der Waals surface area contributed by atoms with Crippen molar-refractivity contribution in [2.75, 3.05) is 30.4 Å². The molecule has 0 aromatic heterocycles. The molecule has 4 heteroatoms. The predicted molar refractivity (Wildman–Crippen MR) is 104 cm³/mol. The Kier molecular flexibility index (Phi) is 6.76. The van der Waals surface area contributed by atoms with E-state index >= 15 is 0 Å². The van der Waals surface area contributed by atoms with Crippen LogP contribution in [0.4, 0.5) is 11.4 Å². The Morgan fingerprint density at radius 3 is 2.48 bits per heavy atom. The molecule has 23 heavy (non-hydrogen) atoms. The zero-order valence-corrected chi connectivity index (χ0v) is 14.9. The van der Waals surface area contributed by atoms with E-state index < -0.39 is 0 Å². The van der Waals surface area contributed by atoms with E-state index in [0.717, 1.165) is 18.7 Å². The summed E-state index contributed by atoms with van der Waals surface area (Å²) in [5.74, 6) is 0. The van der Waals surface area contributed by atoms with Crippen molar-refractivity contribution in [2.45, 2.75) is 26.4 Å². The second-order valence-electron chi connectivity index (χ2n) is 5.92. The van der Waals surface area contributed by atoms with Gasteiger partial charge in [0.2, 0.25) is 0 Å². The van der Waals surface area contributed by atoms with Crippen LogP contribution in [0.2, 0.25) is 0 Å². The molecule has 4 nitrogen and oxygen atoms in total. The zero-order chi connectivity index (χ0) is 17.6. The molecule has 0 fully saturated rings. The van der Waals surface area contributed by atoms with Crippen molar-refractivity contribution in [2.24, 2.45) is 5.73 Å². The van der Waals surface area contributed by atoms with Gasteiger partial charge in [-0.2, -0.15) is 0 Å². The number of rotatable bonds is 5. The van der Waals surface area contributed by atoms with Crippen molar-refractivity contribution in [3.05, 3.63) is 54.9 Å². The summed E-state index contributed by atoms with van der Waals surface area (Å²) in [7, 11) is 4.15. The minimum absolute atomic E-state index is 0.261. The van der Waals surface area contributed by atoms with Gasteiger partial charge in [0.05, 0.1) is 6.17 Å². The molecule has 1 aromatic carbocycles. The van der Waals surface area contributed by atoms with Crippen molar-refractivity contribution in [3.63, 3.8) is 0 Å². The maximum atomic E-state index is 4.61. The van der Waals surface area contributed by atoms with Crippen LogP contribution >= 0.6 is 0 Å². The molecular weight excluding hydrogens is 284 g/mol. The van der Waals surface area contributed by atoms with Gasteiger partial charge in [-0.05, 0) is 49.7 Å². The van der Waals surface area contributed by atoms with E-state index in [4.69, 9.17) is 0 Å². The van der Waals surface area contributed by atoms with E-state index in [1.165, 1.54) is 28.7 Å². The molecule has 1 aliphatic rings. The summed E-state index contributed by atoms with van der Waals surface area (Å²) in [5, 5.41) is 3.40. The Morgan fingerprint density at radius 1 is 1.39 bits per heavy atom. The van der Waals surface area contributed by atoms with E-state index in [1.807, 2.05) is 13.0 Å². The van der Waals surface area contributed by atoms with E-state index in [-0.39, 0.29) is 6.17 Å². The van der Waals surface area contributed by atoms with Gasteiger partial charge < -0.3 is 20.9 Å². The highest BCUT2D eigenvalue weighted by molar-refractivity contribution is 5.75. The van der Waals surface area contributed by atoms with E-state index in [0.29, 0.717) is 0 Å². The molecule has 0 amide bonds. The Labute approximate surface area is 141 Å². The standard InChI is InChI=1S/C17H25N3.C2H5N/c1-7-14-10-17-15(11-16(14)19(5)6)8-9-20(17)13(4)18-12(2)3;1-2-3/h7,10-11,13,18H,1-2,8-9H2,3-6H3;2H,1,3H2. The van der Waals surface area contributed by atoms with Gasteiger partial charge in [0.15, 0.2) is 0 Å². The number of hydrogen-bond donors (Lipinski definition) is 2. The average molecular weight is 314 g/mol. The monoisotopic (exact) mass is 314 g/mol. The van der Waals surface area contributed by atoms with Crippen LogP contribution in [-0.4, -0.2) is 26.8 Å². The summed E-state index contributed by atoms with van der Waals surface area (Å²) in [6.45, 7) is 16.2. The molecule has 1 heterocycles. The first-order chi connectivity index (χ1) is 10.8. The minimum Gasteiger partial charge on any atom is -0.405 e. The van der Waals surface area contributed by atoms with Crippen molar-refractivity contribution in [3.8, 4) is 0 Å². The van der Waals surface area contributed by atoms with Crippen LogP contribution in [0.25, 0.3) is 6.08 Å². The summed E-state index contributed by atoms with van der Waals surface area (Å²) in [6, 6.07) is 4.54. The largest absolute Gasteiger partial charge is 0.405 e. The fourth-order valence-corrected chi connectivity index (χ4v) is 2.85. The van der Waals surface area contributed by atoms with Crippen LogP contribution in [-0.2, 0) is 6.42 Å². The number of nitrogens with two attached hydrogens (primary N) is 1. The molecule has 1 aliphatic heterocycles. The smallest absolute Gasteiger partial charge is 0.0958 e. The lowest BCUT2D eigenvalue weighted by molar-refractivity contribution is 0.582. The predicted octanol–water partition coefficient (Wildman–Crippen LogP) is 3.32. The number of anilines is 2. The molecule has 1 aromatic rings. The number of hydrogen-bond acceptors (Lipinski definition) is 4. The number of nitrogens with one attached hydrogen (secondary N) is 1. The molecule has 2 rings (SSSR count). The number of nitrogens with zero attached hydrogens (tertiary/aromatic N) is 2. The SMILES string of the molecule is C=CN.C=Cc1cc2c(cc1N(C)C)CCN2C(C)NC(=C)C. The van der Waals surface area contributed by atoms with Gasteiger partial charge in [-0.15, -0.1) is 0 Å². The summed E-state index contributed by atoms with van der Waals surface area (Å²) in [6.07, 6.45) is 4.54. The van der Waals surface area contributed by atoms with Crippen LogP contribution in [0.5, 0.6) is 0 Å². The van der Waals surface area contributed by atoms with Crippen molar-refractivity contribution in [1.82, 2.24) is 5.32 Å². The molecule has 1 atom stereocenters. The fraction of sp³-hybridized carbons (Fsp3) is 0.368. The Morgan fingerprint density at radius 2 is 2.00 bits per heavy atom. The Bertz CT molecular complexity index is 575. The molecule has 0 saturated heterocycles. The highest BCUT2D eigenvalue weighted by Gasteiger charge is 2.24. The second-order valence-corrected chi connectivity index (χ2v) is 5.92. The zero-order valence-electron chi connectivity index (χ0n) is 14.9. The number of fused-ring (bicyclic) bond motifs is 1. The first-order valence-corrected chi connectivity index (χ1v) is 7.83. The van der Waals surface area contributed by atoms with E-state index in [1.54, 1.807) is 0 Å². The van der Waals surface area contributed by atoms with Crippen molar-refractivity contribution in [1.29, 1.82) is 0 Å². The normalized spacial score (nSPS) is 13.3. The lowest BCUT2D eigenvalue weighted by Crippen LogP contribution is -2.41. The molecule has 1 unspecified atom stereocenters. The molecular formula is C19H30N4. The van der Waals surface area contributed by atoms with E-state index in [9.17, 15) is 0 Å². The lowest BCUT2D eigenvalue weighted by atomic mass is 10.1. The lowest BCUT2D eigenvalue weighted by Gasteiger charge is -2.29. The number of benzene rings is 1. The van der Waals surface area contributed by atoms with Gasteiger partial charge in [0.25, 0.3) is 0 Å². The number of allylic oxidation sites excluding steroid dienone is 1. The highest BCUT2D eigenvalue weighted by Crippen LogP contribution is 2.35. The summed E-state index contributed by atoms with van der Waals surface area (Å²) >= 11 is 0. The van der Waals surface area contributed by atoms with E-state index in [2.05, 4.69) is 73.7 Å². The third-order valence-corrected chi connectivity index (χ3v) is 3.78. The Balaban J connectivity index is 0.000000816. The van der Waals surface area contributed by atoms with Gasteiger partial charge in [-0.3, -0.25) is 0 Å². The van der Waals surface area contributed by atoms with Crippen molar-refractivity contribution >= 4 is 17.5 Å². The first-order valence-electron chi connectivity index (χ1n) is 7.83. The maximum Gasteiger partial charge on any atom is 0.0958 e. The molecule has 3 N–H and O–H groups in total. The summed E-state index contributed by atoms with van der Waals surface area (Å²) < 4.78 is 0. The van der Waals surface area contributed by atoms with Gasteiger partial charge in [0.1, 0.15) is 0 Å². The minimum atomic E-state index is 0.261. The second kappa shape index (κ2) is 8.32. The van der Waals surface area contributed by atoms with Gasteiger partial charge >= 0.3 is 0 Å².